The fourth-order valence-corrected chi connectivity index (χ4v) is 6.41. The Morgan fingerprint density at radius 2 is 2.04 bits per heavy atom. The molecule has 1 saturated heterocycles. The molecule has 2 fully saturated rings. The maximum atomic E-state index is 12.7. The molecule has 2 aliphatic rings. The Kier molecular flexibility index (Phi) is 5.62. The molecule has 3 atom stereocenters. The van der Waals surface area contributed by atoms with Gasteiger partial charge in [-0.3, -0.25) is 4.79 Å². The Labute approximate surface area is 148 Å². The van der Waals surface area contributed by atoms with Crippen LogP contribution in [0.4, 0.5) is 0 Å². The molecule has 1 amide bonds. The first-order chi connectivity index (χ1) is 11.5. The molecule has 1 aliphatic carbocycles. The zero-order valence-corrected chi connectivity index (χ0v) is 15.7. The summed E-state index contributed by atoms with van der Waals surface area (Å²) in [5.74, 6) is 0.305. The van der Waals surface area contributed by atoms with Gasteiger partial charge in [-0.15, -0.1) is 11.3 Å². The Hall–Kier alpha value is -0.920. The lowest BCUT2D eigenvalue weighted by molar-refractivity contribution is -0.127. The SMILES string of the molecule is C[C@@H]1CCCC[C@@H]1NC(=O)[C@@H]1CCCN(S(=O)(=O)c2cccs2)C1. The predicted molar refractivity (Wildman–Crippen MR) is 95.4 cm³/mol. The summed E-state index contributed by atoms with van der Waals surface area (Å²) in [6, 6.07) is 3.62. The second kappa shape index (κ2) is 7.54. The molecule has 1 N–H and O–H groups in total. The number of nitrogens with zero attached hydrogens (tertiary/aromatic N) is 1. The van der Waals surface area contributed by atoms with Crippen molar-refractivity contribution in [2.75, 3.05) is 13.1 Å². The third-order valence-corrected chi connectivity index (χ3v) is 8.52. The molecule has 1 aromatic heterocycles. The largest absolute Gasteiger partial charge is 0.353 e. The first-order valence-corrected chi connectivity index (χ1v) is 11.1. The topological polar surface area (TPSA) is 66.5 Å². The van der Waals surface area contributed by atoms with Crippen molar-refractivity contribution in [2.45, 2.75) is 55.7 Å². The van der Waals surface area contributed by atoms with Crippen LogP contribution in [0.2, 0.25) is 0 Å². The second-order valence-electron chi connectivity index (χ2n) is 7.01. The molecular formula is C17H26N2O3S2. The highest BCUT2D eigenvalue weighted by molar-refractivity contribution is 7.91. The highest BCUT2D eigenvalue weighted by atomic mass is 32.2. The van der Waals surface area contributed by atoms with Crippen molar-refractivity contribution in [1.82, 2.24) is 9.62 Å². The number of carbonyl (C=O) groups is 1. The van der Waals surface area contributed by atoms with Gasteiger partial charge in [0.2, 0.25) is 5.91 Å². The number of hydrogen-bond donors (Lipinski definition) is 1. The van der Waals surface area contributed by atoms with Crippen molar-refractivity contribution in [2.24, 2.45) is 11.8 Å². The zero-order chi connectivity index (χ0) is 17.2. The van der Waals surface area contributed by atoms with Gasteiger partial charge in [0.25, 0.3) is 10.0 Å². The Bertz CT molecular complexity index is 657. The summed E-state index contributed by atoms with van der Waals surface area (Å²) in [4.78, 5) is 12.6. The minimum Gasteiger partial charge on any atom is -0.353 e. The highest BCUT2D eigenvalue weighted by Gasteiger charge is 2.35. The van der Waals surface area contributed by atoms with Gasteiger partial charge in [0.15, 0.2) is 0 Å². The molecule has 0 unspecified atom stereocenters. The van der Waals surface area contributed by atoms with Crippen molar-refractivity contribution in [3.8, 4) is 0 Å². The summed E-state index contributed by atoms with van der Waals surface area (Å²) < 4.78 is 27.2. The van der Waals surface area contributed by atoms with Gasteiger partial charge in [0.05, 0.1) is 5.92 Å². The number of carbonyl (C=O) groups excluding carboxylic acids is 1. The van der Waals surface area contributed by atoms with Gasteiger partial charge in [0, 0.05) is 19.1 Å². The summed E-state index contributed by atoms with van der Waals surface area (Å²) in [5, 5.41) is 4.96. The number of rotatable bonds is 4. The van der Waals surface area contributed by atoms with Gasteiger partial charge in [0.1, 0.15) is 4.21 Å². The first kappa shape index (κ1) is 17.9. The predicted octanol–water partition coefficient (Wildman–Crippen LogP) is 2.84. The van der Waals surface area contributed by atoms with Crippen LogP contribution in [0.1, 0.15) is 45.4 Å². The van der Waals surface area contributed by atoms with Crippen LogP contribution in [-0.4, -0.2) is 37.8 Å². The van der Waals surface area contributed by atoms with E-state index in [-0.39, 0.29) is 17.9 Å². The highest BCUT2D eigenvalue weighted by Crippen LogP contribution is 2.28. The minimum atomic E-state index is -3.46. The molecule has 0 radical (unpaired) electrons. The quantitative estimate of drug-likeness (QED) is 0.886. The number of hydrogen-bond acceptors (Lipinski definition) is 4. The smallest absolute Gasteiger partial charge is 0.252 e. The summed E-state index contributed by atoms with van der Waals surface area (Å²) >= 11 is 1.23. The van der Waals surface area contributed by atoms with E-state index in [0.717, 1.165) is 25.7 Å². The van der Waals surface area contributed by atoms with Gasteiger partial charge < -0.3 is 5.32 Å². The first-order valence-electron chi connectivity index (χ1n) is 8.82. The molecule has 0 aromatic carbocycles. The maximum absolute atomic E-state index is 12.7. The standard InChI is InChI=1S/C17H26N2O3S2/c1-13-6-2-3-8-15(13)18-17(20)14-7-4-10-19(12-14)24(21,22)16-9-5-11-23-16/h5,9,11,13-15H,2-4,6-8,10,12H2,1H3,(H,18,20)/t13-,14-,15+/m1/s1. The fourth-order valence-electron chi connectivity index (χ4n) is 3.74. The molecule has 1 saturated carbocycles. The van der Waals surface area contributed by atoms with Gasteiger partial charge in [-0.05, 0) is 43.0 Å². The molecule has 7 heteroatoms. The van der Waals surface area contributed by atoms with Gasteiger partial charge >= 0.3 is 0 Å². The molecule has 5 nitrogen and oxygen atoms in total. The number of sulfonamides is 1. The van der Waals surface area contributed by atoms with Crippen molar-refractivity contribution >= 4 is 27.3 Å². The molecule has 134 valence electrons. The van der Waals surface area contributed by atoms with Crippen LogP contribution in [0.3, 0.4) is 0 Å². The molecule has 1 aliphatic heterocycles. The lowest BCUT2D eigenvalue weighted by Gasteiger charge is -2.34. The molecule has 24 heavy (non-hydrogen) atoms. The average Bonchev–Trinajstić information content (AvgIpc) is 3.12. The van der Waals surface area contributed by atoms with E-state index in [2.05, 4.69) is 12.2 Å². The number of piperidine rings is 1. The molecule has 1 aromatic rings. The third kappa shape index (κ3) is 3.83. The van der Waals surface area contributed by atoms with Crippen LogP contribution >= 0.6 is 11.3 Å². The van der Waals surface area contributed by atoms with Crippen LogP contribution in [-0.2, 0) is 14.8 Å². The van der Waals surface area contributed by atoms with Crippen molar-refractivity contribution in [3.63, 3.8) is 0 Å². The average molecular weight is 371 g/mol. The number of nitrogens with one attached hydrogen (secondary N) is 1. The molecular weight excluding hydrogens is 344 g/mol. The van der Waals surface area contributed by atoms with Crippen LogP contribution in [0.25, 0.3) is 0 Å². The summed E-state index contributed by atoms with van der Waals surface area (Å²) in [6.07, 6.45) is 6.11. The van der Waals surface area contributed by atoms with Crippen LogP contribution < -0.4 is 5.32 Å². The van der Waals surface area contributed by atoms with Crippen molar-refractivity contribution in [1.29, 1.82) is 0 Å². The number of thiophene rings is 1. The van der Waals surface area contributed by atoms with E-state index in [0.29, 0.717) is 23.2 Å². The van der Waals surface area contributed by atoms with E-state index in [1.54, 1.807) is 17.5 Å². The van der Waals surface area contributed by atoms with Gasteiger partial charge in [-0.1, -0.05) is 25.8 Å². The zero-order valence-electron chi connectivity index (χ0n) is 14.1. The van der Waals surface area contributed by atoms with E-state index in [9.17, 15) is 13.2 Å². The summed E-state index contributed by atoms with van der Waals surface area (Å²) in [5.41, 5.74) is 0. The van der Waals surface area contributed by atoms with E-state index < -0.39 is 10.0 Å². The molecule has 2 heterocycles. The number of amides is 1. The summed E-state index contributed by atoms with van der Waals surface area (Å²) in [7, 11) is -3.46. The van der Waals surface area contributed by atoms with Crippen LogP contribution in [0.15, 0.2) is 21.7 Å². The van der Waals surface area contributed by atoms with Crippen LogP contribution in [0.5, 0.6) is 0 Å². The lowest BCUT2D eigenvalue weighted by Crippen LogP contribution is -2.49. The lowest BCUT2D eigenvalue weighted by atomic mass is 9.85. The Morgan fingerprint density at radius 1 is 1.25 bits per heavy atom. The monoisotopic (exact) mass is 370 g/mol. The van der Waals surface area contributed by atoms with Crippen molar-refractivity contribution < 1.29 is 13.2 Å². The van der Waals surface area contributed by atoms with Gasteiger partial charge in [-0.25, -0.2) is 8.42 Å². The third-order valence-electron chi connectivity index (χ3n) is 5.28. The van der Waals surface area contributed by atoms with Gasteiger partial charge in [-0.2, -0.15) is 4.31 Å². The molecule has 0 bridgehead atoms. The Morgan fingerprint density at radius 3 is 2.75 bits per heavy atom. The maximum Gasteiger partial charge on any atom is 0.252 e. The fraction of sp³-hybridized carbons (Fsp3) is 0.706. The van der Waals surface area contributed by atoms with E-state index in [1.807, 2.05) is 0 Å². The van der Waals surface area contributed by atoms with Crippen LogP contribution in [0, 0.1) is 11.8 Å². The summed E-state index contributed by atoms with van der Waals surface area (Å²) in [6.45, 7) is 3.00. The van der Waals surface area contributed by atoms with E-state index in [4.69, 9.17) is 0 Å². The van der Waals surface area contributed by atoms with E-state index >= 15 is 0 Å². The van der Waals surface area contributed by atoms with Crippen molar-refractivity contribution in [3.05, 3.63) is 17.5 Å². The minimum absolute atomic E-state index is 0.0276. The second-order valence-corrected chi connectivity index (χ2v) is 10.1. The normalized spacial score (nSPS) is 29.3. The Balaban J connectivity index is 1.64. The van der Waals surface area contributed by atoms with E-state index in [1.165, 1.54) is 28.5 Å². The molecule has 3 rings (SSSR count). The molecule has 0 spiro atoms.